The van der Waals surface area contributed by atoms with Gasteiger partial charge in [-0.1, -0.05) is 23.7 Å². The second kappa shape index (κ2) is 8.22. The lowest BCUT2D eigenvalue weighted by molar-refractivity contribution is -0.00490. The van der Waals surface area contributed by atoms with E-state index in [-0.39, 0.29) is 22.5 Å². The van der Waals surface area contributed by atoms with Crippen molar-refractivity contribution in [2.75, 3.05) is 18.4 Å². The van der Waals surface area contributed by atoms with Crippen LogP contribution in [0, 0.1) is 12.7 Å². The molecule has 184 valence electrons. The maximum atomic E-state index is 15.1. The zero-order chi connectivity index (χ0) is 25.1. The summed E-state index contributed by atoms with van der Waals surface area (Å²) >= 11 is 6.42. The fourth-order valence-electron chi connectivity index (χ4n) is 4.67. The van der Waals surface area contributed by atoms with Crippen molar-refractivity contribution in [1.29, 1.82) is 0 Å². The lowest BCUT2D eigenvalue weighted by Gasteiger charge is -2.51. The van der Waals surface area contributed by atoms with Crippen LogP contribution >= 0.6 is 11.6 Å². The standard InChI is InChI=1S/C26H28ClFN4O3/c1-15-19(6-5-7-20(15)27)26(12-31(13-26)24(34)35-25(2,3)4)30-16-10-18-22(21(28)11-16)29-14-32(23(18)33)17-8-9-17/h5-7,10-11,14,17,30H,8-9,12-13H2,1-4H3. The van der Waals surface area contributed by atoms with E-state index in [9.17, 15) is 9.59 Å². The minimum Gasteiger partial charge on any atom is -0.444 e. The third-order valence-electron chi connectivity index (χ3n) is 6.52. The summed E-state index contributed by atoms with van der Waals surface area (Å²) < 4.78 is 22.2. The molecule has 2 heterocycles. The molecule has 35 heavy (non-hydrogen) atoms. The third-order valence-corrected chi connectivity index (χ3v) is 6.93. The fraction of sp³-hybridized carbons (Fsp3) is 0.423. The molecule has 1 aliphatic carbocycles. The number of nitrogens with one attached hydrogen (secondary N) is 1. The van der Waals surface area contributed by atoms with E-state index in [0.29, 0.717) is 23.8 Å². The monoisotopic (exact) mass is 498 g/mol. The predicted molar refractivity (Wildman–Crippen MR) is 134 cm³/mol. The molecular formula is C26H28ClFN4O3. The maximum absolute atomic E-state index is 15.1. The first-order chi connectivity index (χ1) is 16.5. The highest BCUT2D eigenvalue weighted by atomic mass is 35.5. The number of likely N-dealkylation sites (tertiary alicyclic amines) is 1. The van der Waals surface area contributed by atoms with Crippen LogP contribution in [0.3, 0.4) is 0 Å². The summed E-state index contributed by atoms with van der Waals surface area (Å²) in [4.78, 5) is 31.5. The van der Waals surface area contributed by atoms with Gasteiger partial charge in [0.05, 0.1) is 30.3 Å². The van der Waals surface area contributed by atoms with Crippen molar-refractivity contribution in [3.63, 3.8) is 0 Å². The molecule has 7 nitrogen and oxygen atoms in total. The Hall–Kier alpha value is -3.13. The number of ether oxygens (including phenoxy) is 1. The number of nitrogens with zero attached hydrogens (tertiary/aromatic N) is 3. The van der Waals surface area contributed by atoms with Gasteiger partial charge in [0.1, 0.15) is 11.1 Å². The van der Waals surface area contributed by atoms with Crippen molar-refractivity contribution in [3.8, 4) is 0 Å². The lowest BCUT2D eigenvalue weighted by atomic mass is 9.80. The Morgan fingerprint density at radius 1 is 1.26 bits per heavy atom. The van der Waals surface area contributed by atoms with Crippen LogP contribution in [-0.4, -0.2) is 39.2 Å². The minimum absolute atomic E-state index is 0.0504. The van der Waals surface area contributed by atoms with Crippen LogP contribution in [0.4, 0.5) is 14.9 Å². The molecule has 9 heteroatoms. The van der Waals surface area contributed by atoms with E-state index in [2.05, 4.69) is 10.3 Å². The van der Waals surface area contributed by atoms with Crippen LogP contribution in [0.15, 0.2) is 41.5 Å². The normalized spacial score (nSPS) is 17.3. The van der Waals surface area contributed by atoms with Crippen LogP contribution in [0.2, 0.25) is 5.02 Å². The second-order valence-corrected chi connectivity index (χ2v) is 10.9. The molecule has 1 saturated heterocycles. The molecule has 2 aromatic carbocycles. The fourth-order valence-corrected chi connectivity index (χ4v) is 4.84. The van der Waals surface area contributed by atoms with Gasteiger partial charge in [0.15, 0.2) is 5.82 Å². The van der Waals surface area contributed by atoms with Crippen molar-refractivity contribution < 1.29 is 13.9 Å². The predicted octanol–water partition coefficient (Wildman–Crippen LogP) is 5.39. The van der Waals surface area contributed by atoms with Crippen LogP contribution in [0.5, 0.6) is 0 Å². The van der Waals surface area contributed by atoms with E-state index >= 15 is 4.39 Å². The zero-order valence-corrected chi connectivity index (χ0v) is 20.9. The number of hydrogen-bond acceptors (Lipinski definition) is 5. The van der Waals surface area contributed by atoms with Gasteiger partial charge < -0.3 is 15.0 Å². The van der Waals surface area contributed by atoms with Crippen molar-refractivity contribution in [2.45, 2.75) is 57.7 Å². The maximum Gasteiger partial charge on any atom is 0.410 e. The molecule has 1 N–H and O–H groups in total. The Bertz CT molecular complexity index is 1390. The van der Waals surface area contributed by atoms with Crippen LogP contribution in [-0.2, 0) is 10.3 Å². The van der Waals surface area contributed by atoms with E-state index in [1.807, 2.05) is 39.8 Å². The van der Waals surface area contributed by atoms with Gasteiger partial charge in [0, 0.05) is 16.8 Å². The molecule has 2 aliphatic rings. The average molecular weight is 499 g/mol. The lowest BCUT2D eigenvalue weighted by Crippen LogP contribution is -2.65. The molecule has 0 atom stereocenters. The van der Waals surface area contributed by atoms with Crippen LogP contribution in [0.25, 0.3) is 10.9 Å². The van der Waals surface area contributed by atoms with Gasteiger partial charge in [-0.3, -0.25) is 9.36 Å². The van der Waals surface area contributed by atoms with Crippen LogP contribution < -0.4 is 10.9 Å². The Kier molecular flexibility index (Phi) is 5.55. The third kappa shape index (κ3) is 4.35. The van der Waals surface area contributed by atoms with Gasteiger partial charge in [-0.05, 0) is 69.9 Å². The molecule has 3 aromatic rings. The van der Waals surface area contributed by atoms with Gasteiger partial charge in [-0.2, -0.15) is 0 Å². The van der Waals surface area contributed by atoms with Crippen molar-refractivity contribution in [2.24, 2.45) is 0 Å². The highest BCUT2D eigenvalue weighted by Crippen LogP contribution is 2.40. The first kappa shape index (κ1) is 23.6. The van der Waals surface area contributed by atoms with E-state index < -0.39 is 23.1 Å². The Morgan fingerprint density at radius 2 is 1.97 bits per heavy atom. The first-order valence-electron chi connectivity index (χ1n) is 11.7. The minimum atomic E-state index is -0.732. The summed E-state index contributed by atoms with van der Waals surface area (Å²) in [6.07, 6.45) is 2.85. The largest absolute Gasteiger partial charge is 0.444 e. The van der Waals surface area contributed by atoms with E-state index in [1.165, 1.54) is 12.4 Å². The van der Waals surface area contributed by atoms with Crippen molar-refractivity contribution in [3.05, 3.63) is 69.0 Å². The SMILES string of the molecule is Cc1c(Cl)cccc1C1(Nc2cc(F)c3ncn(C4CC4)c(=O)c3c2)CN(C(=O)OC(C)(C)C)C1. The molecule has 0 unspecified atom stereocenters. The number of hydrogen-bond donors (Lipinski definition) is 1. The Balaban J connectivity index is 1.53. The van der Waals surface area contributed by atoms with Crippen molar-refractivity contribution in [1.82, 2.24) is 14.5 Å². The molecule has 1 aliphatic heterocycles. The second-order valence-electron chi connectivity index (χ2n) is 10.5. The molecule has 1 saturated carbocycles. The van der Waals surface area contributed by atoms with Crippen molar-refractivity contribution >= 4 is 34.3 Å². The van der Waals surface area contributed by atoms with Gasteiger partial charge >= 0.3 is 6.09 Å². The number of aromatic nitrogens is 2. The number of carbonyl (C=O) groups excluding carboxylic acids is 1. The molecule has 2 fully saturated rings. The highest BCUT2D eigenvalue weighted by molar-refractivity contribution is 6.31. The number of benzene rings is 2. The number of amides is 1. The molecule has 1 aromatic heterocycles. The van der Waals surface area contributed by atoms with E-state index in [4.69, 9.17) is 16.3 Å². The molecule has 5 rings (SSSR count). The summed E-state index contributed by atoms with van der Waals surface area (Å²) in [5.74, 6) is -0.577. The highest BCUT2D eigenvalue weighted by Gasteiger charge is 2.49. The summed E-state index contributed by atoms with van der Waals surface area (Å²) in [5.41, 5.74) is 0.641. The van der Waals surface area contributed by atoms with Gasteiger partial charge in [0.2, 0.25) is 0 Å². The van der Waals surface area contributed by atoms with Gasteiger partial charge in [-0.15, -0.1) is 0 Å². The summed E-state index contributed by atoms with van der Waals surface area (Å²) in [7, 11) is 0. The van der Waals surface area contributed by atoms with Crippen LogP contribution in [0.1, 0.15) is 50.8 Å². The molecule has 0 bridgehead atoms. The zero-order valence-electron chi connectivity index (χ0n) is 20.2. The Morgan fingerprint density at radius 3 is 2.63 bits per heavy atom. The Labute approximate surface area is 207 Å². The molecular weight excluding hydrogens is 471 g/mol. The topological polar surface area (TPSA) is 76.5 Å². The first-order valence-corrected chi connectivity index (χ1v) is 12.1. The van der Waals surface area contributed by atoms with Gasteiger partial charge in [0.25, 0.3) is 5.56 Å². The molecule has 0 spiro atoms. The van der Waals surface area contributed by atoms with E-state index in [1.54, 1.807) is 21.6 Å². The number of halogens is 2. The van der Waals surface area contributed by atoms with Gasteiger partial charge in [-0.25, -0.2) is 14.2 Å². The summed E-state index contributed by atoms with van der Waals surface area (Å²) in [6, 6.07) is 8.72. The number of fused-ring (bicyclic) bond motifs is 1. The quantitative estimate of drug-likeness (QED) is 0.522. The number of carbonyl (C=O) groups is 1. The summed E-state index contributed by atoms with van der Waals surface area (Å²) in [6.45, 7) is 7.95. The smallest absolute Gasteiger partial charge is 0.410 e. The average Bonchev–Trinajstić information content (AvgIpc) is 3.57. The summed E-state index contributed by atoms with van der Waals surface area (Å²) in [5, 5.41) is 4.25. The molecule has 0 radical (unpaired) electrons. The van der Waals surface area contributed by atoms with E-state index in [0.717, 1.165) is 24.0 Å². The number of rotatable bonds is 4. The number of anilines is 1. The molecule has 1 amide bonds.